The maximum Gasteiger partial charge on any atom is 0.410 e. The zero-order chi connectivity index (χ0) is 27.5. The van der Waals surface area contributed by atoms with Crippen molar-refractivity contribution in [1.82, 2.24) is 4.90 Å². The Morgan fingerprint density at radius 2 is 1.31 bits per heavy atom. The standard InChI is InChI=1S/C34H37NO4/c1-33(2,3)39-32(37)35-23-13-20-30(35)31(36)25-21-22-29(24-25)38-34(26-14-7-4-8-15-26,27-16-9-5-10-17-27)28-18-11-6-12-19-28/h4-12,14-19,21,29-30H,13,20,22-24H2,1-3H3/t29-,30+/m1/s1. The van der Waals surface area contributed by atoms with Crippen molar-refractivity contribution in [3.8, 4) is 0 Å². The van der Waals surface area contributed by atoms with E-state index in [1.54, 1.807) is 4.90 Å². The minimum absolute atomic E-state index is 0.00851. The highest BCUT2D eigenvalue weighted by atomic mass is 16.6. The van der Waals surface area contributed by atoms with E-state index in [9.17, 15) is 9.59 Å². The van der Waals surface area contributed by atoms with E-state index in [1.165, 1.54) is 0 Å². The van der Waals surface area contributed by atoms with Crippen LogP contribution in [0.15, 0.2) is 103 Å². The van der Waals surface area contributed by atoms with Gasteiger partial charge in [0.2, 0.25) is 0 Å². The van der Waals surface area contributed by atoms with Gasteiger partial charge in [-0.1, -0.05) is 97.1 Å². The van der Waals surface area contributed by atoms with Crippen molar-refractivity contribution >= 4 is 11.9 Å². The summed E-state index contributed by atoms with van der Waals surface area (Å²) >= 11 is 0. The van der Waals surface area contributed by atoms with E-state index in [0.29, 0.717) is 25.8 Å². The molecule has 0 spiro atoms. The monoisotopic (exact) mass is 523 g/mol. The zero-order valence-corrected chi connectivity index (χ0v) is 23.0. The van der Waals surface area contributed by atoms with E-state index in [4.69, 9.17) is 9.47 Å². The number of ether oxygens (including phenoxy) is 2. The molecule has 5 rings (SSSR count). The molecule has 3 aromatic carbocycles. The fourth-order valence-electron chi connectivity index (χ4n) is 5.74. The zero-order valence-electron chi connectivity index (χ0n) is 23.0. The Hall–Kier alpha value is -3.70. The molecular formula is C34H37NO4. The molecule has 2 atom stereocenters. The fraction of sp³-hybridized carbons (Fsp3) is 0.353. The lowest BCUT2D eigenvalue weighted by Crippen LogP contribution is -2.43. The van der Waals surface area contributed by atoms with Gasteiger partial charge in [0, 0.05) is 13.0 Å². The average molecular weight is 524 g/mol. The average Bonchev–Trinajstić information content (AvgIpc) is 3.62. The van der Waals surface area contributed by atoms with Gasteiger partial charge in [0.25, 0.3) is 0 Å². The lowest BCUT2D eigenvalue weighted by Gasteiger charge is -2.38. The van der Waals surface area contributed by atoms with Gasteiger partial charge in [0.05, 0.1) is 12.1 Å². The minimum Gasteiger partial charge on any atom is -0.444 e. The molecule has 39 heavy (non-hydrogen) atoms. The number of hydrogen-bond acceptors (Lipinski definition) is 4. The van der Waals surface area contributed by atoms with E-state index >= 15 is 0 Å². The molecule has 202 valence electrons. The Balaban J connectivity index is 1.41. The predicted octanol–water partition coefficient (Wildman–Crippen LogP) is 7.05. The molecule has 1 amide bonds. The van der Waals surface area contributed by atoms with Gasteiger partial charge in [-0.15, -0.1) is 0 Å². The van der Waals surface area contributed by atoms with Crippen LogP contribution in [0.2, 0.25) is 0 Å². The van der Waals surface area contributed by atoms with Gasteiger partial charge in [-0.05, 0) is 62.3 Å². The van der Waals surface area contributed by atoms with Crippen molar-refractivity contribution in [3.05, 3.63) is 119 Å². The van der Waals surface area contributed by atoms with E-state index in [-0.39, 0.29) is 11.9 Å². The van der Waals surface area contributed by atoms with Crippen LogP contribution in [0, 0.1) is 0 Å². The molecule has 3 aromatic rings. The summed E-state index contributed by atoms with van der Waals surface area (Å²) in [5, 5.41) is 0. The number of carbonyl (C=O) groups is 2. The van der Waals surface area contributed by atoms with Gasteiger partial charge in [-0.3, -0.25) is 9.69 Å². The first-order chi connectivity index (χ1) is 18.8. The number of amides is 1. The number of hydrogen-bond donors (Lipinski definition) is 0. The number of carbonyl (C=O) groups excluding carboxylic acids is 2. The first-order valence-corrected chi connectivity index (χ1v) is 13.9. The van der Waals surface area contributed by atoms with E-state index < -0.39 is 23.3 Å². The second kappa shape index (κ2) is 11.2. The van der Waals surface area contributed by atoms with Gasteiger partial charge in [0.15, 0.2) is 5.78 Å². The Kier molecular flexibility index (Phi) is 7.72. The van der Waals surface area contributed by atoms with Gasteiger partial charge in [0.1, 0.15) is 11.2 Å². The summed E-state index contributed by atoms with van der Waals surface area (Å²) in [6, 6.07) is 30.4. The van der Waals surface area contributed by atoms with Crippen molar-refractivity contribution in [3.63, 3.8) is 0 Å². The fourth-order valence-corrected chi connectivity index (χ4v) is 5.74. The van der Waals surface area contributed by atoms with Crippen LogP contribution in [-0.2, 0) is 19.9 Å². The molecule has 5 nitrogen and oxygen atoms in total. The molecule has 1 saturated heterocycles. The van der Waals surface area contributed by atoms with Gasteiger partial charge in [-0.25, -0.2) is 4.79 Å². The highest BCUT2D eigenvalue weighted by molar-refractivity contribution is 6.01. The van der Waals surface area contributed by atoms with Crippen molar-refractivity contribution < 1.29 is 19.1 Å². The van der Waals surface area contributed by atoms with Crippen molar-refractivity contribution in [2.24, 2.45) is 0 Å². The molecule has 0 aromatic heterocycles. The molecular weight excluding hydrogens is 486 g/mol. The van der Waals surface area contributed by atoms with Crippen LogP contribution in [0.25, 0.3) is 0 Å². The topological polar surface area (TPSA) is 55.8 Å². The van der Waals surface area contributed by atoms with Crippen LogP contribution in [0.3, 0.4) is 0 Å². The molecule has 0 radical (unpaired) electrons. The van der Waals surface area contributed by atoms with Crippen molar-refractivity contribution in [2.75, 3.05) is 6.54 Å². The van der Waals surface area contributed by atoms with Gasteiger partial charge < -0.3 is 9.47 Å². The third-order valence-electron chi connectivity index (χ3n) is 7.46. The van der Waals surface area contributed by atoms with Crippen molar-refractivity contribution in [1.29, 1.82) is 0 Å². The summed E-state index contributed by atoms with van der Waals surface area (Å²) in [5.41, 5.74) is 2.41. The molecule has 0 saturated carbocycles. The maximum atomic E-state index is 13.7. The Morgan fingerprint density at radius 3 is 1.79 bits per heavy atom. The summed E-state index contributed by atoms with van der Waals surface area (Å²) in [4.78, 5) is 28.1. The van der Waals surface area contributed by atoms with E-state index in [0.717, 1.165) is 28.7 Å². The highest BCUT2D eigenvalue weighted by Gasteiger charge is 2.43. The maximum absolute atomic E-state index is 13.7. The van der Waals surface area contributed by atoms with E-state index in [1.807, 2.05) is 81.4 Å². The van der Waals surface area contributed by atoms with Crippen LogP contribution in [0.1, 0.15) is 63.1 Å². The van der Waals surface area contributed by atoms with Crippen LogP contribution in [0.5, 0.6) is 0 Å². The SMILES string of the molecule is CC(C)(C)OC(=O)N1CCC[C@H]1C(=O)C1=CC[C@@H](OC(c2ccccc2)(c2ccccc2)c2ccccc2)C1. The lowest BCUT2D eigenvalue weighted by atomic mass is 9.80. The molecule has 5 heteroatoms. The normalized spacial score (nSPS) is 19.6. The van der Waals surface area contributed by atoms with Crippen LogP contribution in [-0.4, -0.2) is 41.1 Å². The second-order valence-corrected chi connectivity index (χ2v) is 11.4. The summed E-state index contributed by atoms with van der Waals surface area (Å²) in [6.07, 6.45) is 3.98. The second-order valence-electron chi connectivity index (χ2n) is 11.4. The molecule has 1 fully saturated rings. The number of benzene rings is 3. The Morgan fingerprint density at radius 1 is 0.795 bits per heavy atom. The summed E-state index contributed by atoms with van der Waals surface area (Å²) in [5.74, 6) is 0.00851. The number of rotatable bonds is 7. The summed E-state index contributed by atoms with van der Waals surface area (Å²) in [6.45, 7) is 6.07. The van der Waals surface area contributed by atoms with Gasteiger partial charge in [-0.2, -0.15) is 0 Å². The number of ketones is 1. The minimum atomic E-state index is -0.837. The number of Topliss-reactive ketones (excluding diaryl/α,β-unsaturated/α-hetero) is 1. The summed E-state index contributed by atoms with van der Waals surface area (Å²) < 4.78 is 12.7. The largest absolute Gasteiger partial charge is 0.444 e. The molecule has 1 heterocycles. The quantitative estimate of drug-likeness (QED) is 0.311. The lowest BCUT2D eigenvalue weighted by molar-refractivity contribution is -0.120. The number of nitrogens with zero attached hydrogens (tertiary/aromatic N) is 1. The van der Waals surface area contributed by atoms with Crippen LogP contribution in [0.4, 0.5) is 4.79 Å². The molecule has 0 unspecified atom stereocenters. The molecule has 0 bridgehead atoms. The number of likely N-dealkylation sites (tertiary alicyclic amines) is 1. The Labute approximate surface area is 231 Å². The predicted molar refractivity (Wildman–Crippen MR) is 152 cm³/mol. The van der Waals surface area contributed by atoms with Crippen LogP contribution < -0.4 is 0 Å². The molecule has 2 aliphatic rings. The Bertz CT molecular complexity index is 1210. The third-order valence-corrected chi connectivity index (χ3v) is 7.46. The highest BCUT2D eigenvalue weighted by Crippen LogP contribution is 2.43. The smallest absolute Gasteiger partial charge is 0.410 e. The van der Waals surface area contributed by atoms with Crippen LogP contribution >= 0.6 is 0 Å². The van der Waals surface area contributed by atoms with E-state index in [2.05, 4.69) is 36.4 Å². The summed E-state index contributed by atoms with van der Waals surface area (Å²) in [7, 11) is 0. The third kappa shape index (κ3) is 5.69. The molecule has 0 N–H and O–H groups in total. The molecule has 1 aliphatic heterocycles. The molecule has 1 aliphatic carbocycles. The van der Waals surface area contributed by atoms with Gasteiger partial charge >= 0.3 is 6.09 Å². The first kappa shape index (κ1) is 26.9. The van der Waals surface area contributed by atoms with Crippen molar-refractivity contribution in [2.45, 2.75) is 69.8 Å². The first-order valence-electron chi connectivity index (χ1n) is 13.9.